The van der Waals surface area contributed by atoms with Crippen LogP contribution in [0.2, 0.25) is 0 Å². The molecule has 1 heterocycles. The molecule has 0 amide bonds. The number of nitrogens with zero attached hydrogens (tertiary/aromatic N) is 4. The highest BCUT2D eigenvalue weighted by Gasteiger charge is 2.02. The zero-order chi connectivity index (χ0) is 16.8. The average molecular weight is 307 g/mol. The summed E-state index contributed by atoms with van der Waals surface area (Å²) in [5, 5.41) is 8.70. The number of aliphatic imine (C=N–C) groups is 2. The Kier molecular flexibility index (Phi) is 12.2. The molecule has 0 aliphatic rings. The Balaban J connectivity index is 0.000000401. The zero-order valence-corrected chi connectivity index (χ0v) is 14.2. The molecule has 0 spiro atoms. The molecular weight excluding hydrogens is 278 g/mol. The maximum absolute atomic E-state index is 8.70. The molecule has 0 aromatic carbocycles. The topological polar surface area (TPSA) is 87.1 Å². The third-order valence-corrected chi connectivity index (χ3v) is 2.73. The first-order valence-electron chi connectivity index (χ1n) is 7.53. The normalized spacial score (nSPS) is 11.2. The second-order valence-electron chi connectivity index (χ2n) is 5.13. The van der Waals surface area contributed by atoms with E-state index in [4.69, 9.17) is 10.8 Å². The van der Waals surface area contributed by atoms with Crippen molar-refractivity contribution in [2.45, 2.75) is 26.3 Å². The van der Waals surface area contributed by atoms with Crippen LogP contribution in [0.4, 0.5) is 0 Å². The number of aliphatic hydroxyl groups is 1. The fourth-order valence-electron chi connectivity index (χ4n) is 1.44. The van der Waals surface area contributed by atoms with Crippen molar-refractivity contribution in [2.75, 3.05) is 40.3 Å². The quantitative estimate of drug-likeness (QED) is 0.590. The fourth-order valence-corrected chi connectivity index (χ4v) is 1.44. The molecule has 22 heavy (non-hydrogen) atoms. The van der Waals surface area contributed by atoms with Crippen molar-refractivity contribution in [1.82, 2.24) is 9.88 Å². The van der Waals surface area contributed by atoms with Gasteiger partial charge < -0.3 is 15.7 Å². The van der Waals surface area contributed by atoms with E-state index < -0.39 is 0 Å². The second kappa shape index (κ2) is 13.1. The minimum Gasteiger partial charge on any atom is -0.394 e. The van der Waals surface area contributed by atoms with Crippen molar-refractivity contribution in [2.24, 2.45) is 15.7 Å². The van der Waals surface area contributed by atoms with Crippen LogP contribution in [0.15, 0.2) is 28.3 Å². The molecule has 0 saturated heterocycles. The van der Waals surface area contributed by atoms with Crippen LogP contribution < -0.4 is 5.73 Å². The van der Waals surface area contributed by atoms with E-state index in [1.807, 2.05) is 26.0 Å². The standard InChI is InChI=1S/C8H17N3.C8H12N2O/c1-4-9-8-10-6-5-7-11(2)3;1-6-2-3-7(4-10-6)8(9)5-11/h4-7H2,1-3H3;2-4,8,11H,5,9H2,1H3. The van der Waals surface area contributed by atoms with Gasteiger partial charge in [-0.1, -0.05) is 6.07 Å². The monoisotopic (exact) mass is 307 g/mol. The largest absolute Gasteiger partial charge is 0.394 e. The first-order chi connectivity index (χ1) is 10.5. The van der Waals surface area contributed by atoms with Crippen LogP contribution in [0.5, 0.6) is 0 Å². The van der Waals surface area contributed by atoms with E-state index in [-0.39, 0.29) is 12.6 Å². The van der Waals surface area contributed by atoms with Gasteiger partial charge in [0.2, 0.25) is 0 Å². The van der Waals surface area contributed by atoms with Crippen molar-refractivity contribution < 1.29 is 5.11 Å². The summed E-state index contributed by atoms with van der Waals surface area (Å²) < 4.78 is 0. The molecule has 0 aliphatic heterocycles. The second-order valence-corrected chi connectivity index (χ2v) is 5.13. The Hall–Kier alpha value is -1.59. The number of aryl methyl sites for hydroxylation is 1. The van der Waals surface area contributed by atoms with Crippen LogP contribution in [0.25, 0.3) is 0 Å². The van der Waals surface area contributed by atoms with E-state index in [0.717, 1.165) is 37.3 Å². The predicted octanol–water partition coefficient (Wildman–Crippen LogP) is 1.51. The van der Waals surface area contributed by atoms with E-state index in [1.54, 1.807) is 6.20 Å². The number of aliphatic hydroxyl groups excluding tert-OH is 1. The third-order valence-electron chi connectivity index (χ3n) is 2.73. The van der Waals surface area contributed by atoms with E-state index in [0.29, 0.717) is 0 Å². The van der Waals surface area contributed by atoms with Gasteiger partial charge in [0.05, 0.1) is 25.2 Å². The number of hydrogen-bond donors (Lipinski definition) is 2. The summed E-state index contributed by atoms with van der Waals surface area (Å²) in [5.74, 6) is 0. The summed E-state index contributed by atoms with van der Waals surface area (Å²) in [7, 11) is 4.12. The lowest BCUT2D eigenvalue weighted by atomic mass is 10.1. The number of aromatic nitrogens is 1. The Morgan fingerprint density at radius 3 is 2.59 bits per heavy atom. The molecule has 1 rings (SSSR count). The van der Waals surface area contributed by atoms with Gasteiger partial charge in [-0.05, 0) is 52.5 Å². The van der Waals surface area contributed by atoms with Crippen LogP contribution in [0.1, 0.15) is 30.6 Å². The van der Waals surface area contributed by atoms with E-state index in [9.17, 15) is 0 Å². The Bertz CT molecular complexity index is 438. The number of hydrogen-bond acceptors (Lipinski definition) is 6. The SMILES string of the molecule is CCN=C=NCCCN(C)C.Cc1ccc(C(N)CO)cn1. The van der Waals surface area contributed by atoms with Crippen LogP contribution in [-0.2, 0) is 0 Å². The van der Waals surface area contributed by atoms with E-state index in [2.05, 4.69) is 40.0 Å². The van der Waals surface area contributed by atoms with Crippen LogP contribution in [0.3, 0.4) is 0 Å². The highest BCUT2D eigenvalue weighted by molar-refractivity contribution is 5.40. The first kappa shape index (κ1) is 20.4. The smallest absolute Gasteiger partial charge is 0.0892 e. The minimum absolute atomic E-state index is 0.0370. The Morgan fingerprint density at radius 1 is 1.36 bits per heavy atom. The van der Waals surface area contributed by atoms with Gasteiger partial charge in [0.15, 0.2) is 0 Å². The molecule has 1 aromatic heterocycles. The average Bonchev–Trinajstić information content (AvgIpc) is 2.51. The Labute approximate surface area is 133 Å². The van der Waals surface area contributed by atoms with Crippen LogP contribution >= 0.6 is 0 Å². The summed E-state index contributed by atoms with van der Waals surface area (Å²) >= 11 is 0. The maximum Gasteiger partial charge on any atom is 0.0892 e. The Morgan fingerprint density at radius 2 is 2.09 bits per heavy atom. The van der Waals surface area contributed by atoms with Crippen LogP contribution in [-0.4, -0.2) is 61.3 Å². The number of rotatable bonds is 7. The van der Waals surface area contributed by atoms with E-state index >= 15 is 0 Å². The number of pyridine rings is 1. The van der Waals surface area contributed by atoms with Crippen molar-refractivity contribution in [3.05, 3.63) is 29.6 Å². The van der Waals surface area contributed by atoms with Gasteiger partial charge in [0.25, 0.3) is 0 Å². The summed E-state index contributed by atoms with van der Waals surface area (Å²) in [6.45, 7) is 6.54. The predicted molar refractivity (Wildman–Crippen MR) is 91.4 cm³/mol. The molecule has 3 N–H and O–H groups in total. The molecule has 0 saturated carbocycles. The van der Waals surface area contributed by atoms with Crippen molar-refractivity contribution in [3.8, 4) is 0 Å². The third kappa shape index (κ3) is 11.1. The zero-order valence-electron chi connectivity index (χ0n) is 14.2. The minimum atomic E-state index is -0.303. The summed E-state index contributed by atoms with van der Waals surface area (Å²) in [6.07, 6.45) is 2.77. The number of nitrogens with two attached hydrogens (primary N) is 1. The summed E-state index contributed by atoms with van der Waals surface area (Å²) in [6, 6.07) is 6.10. The molecular formula is C16H29N5O. The molecule has 1 aromatic rings. The summed E-state index contributed by atoms with van der Waals surface area (Å²) in [4.78, 5) is 14.1. The molecule has 0 bridgehead atoms. The molecule has 6 nitrogen and oxygen atoms in total. The van der Waals surface area contributed by atoms with Crippen molar-refractivity contribution >= 4 is 6.01 Å². The van der Waals surface area contributed by atoms with Gasteiger partial charge in [0.1, 0.15) is 0 Å². The van der Waals surface area contributed by atoms with Gasteiger partial charge in [-0.25, -0.2) is 9.98 Å². The lowest BCUT2D eigenvalue weighted by Crippen LogP contribution is -2.14. The molecule has 0 aliphatic carbocycles. The van der Waals surface area contributed by atoms with Gasteiger partial charge in [0, 0.05) is 18.4 Å². The van der Waals surface area contributed by atoms with Crippen molar-refractivity contribution in [3.63, 3.8) is 0 Å². The first-order valence-corrected chi connectivity index (χ1v) is 7.53. The van der Waals surface area contributed by atoms with Crippen molar-refractivity contribution in [1.29, 1.82) is 0 Å². The molecule has 0 radical (unpaired) electrons. The van der Waals surface area contributed by atoms with E-state index in [1.165, 1.54) is 0 Å². The molecule has 1 atom stereocenters. The van der Waals surface area contributed by atoms with Gasteiger partial charge in [-0.15, -0.1) is 0 Å². The van der Waals surface area contributed by atoms with Crippen LogP contribution in [0, 0.1) is 6.92 Å². The van der Waals surface area contributed by atoms with Gasteiger partial charge in [-0.3, -0.25) is 4.98 Å². The fraction of sp³-hybridized carbons (Fsp3) is 0.625. The molecule has 124 valence electrons. The molecule has 6 heteroatoms. The maximum atomic E-state index is 8.70. The highest BCUT2D eigenvalue weighted by atomic mass is 16.3. The van der Waals surface area contributed by atoms with Gasteiger partial charge in [-0.2, -0.15) is 0 Å². The lowest BCUT2D eigenvalue weighted by Gasteiger charge is -2.06. The van der Waals surface area contributed by atoms with Gasteiger partial charge >= 0.3 is 0 Å². The lowest BCUT2D eigenvalue weighted by molar-refractivity contribution is 0.268. The summed E-state index contributed by atoms with van der Waals surface area (Å²) in [5.41, 5.74) is 7.38. The highest BCUT2D eigenvalue weighted by Crippen LogP contribution is 2.07. The molecule has 1 unspecified atom stereocenters. The molecule has 0 fully saturated rings.